The molecule has 7 rings (SSSR count). The fourth-order valence-corrected chi connectivity index (χ4v) is 6.37. The van der Waals surface area contributed by atoms with Crippen LogP contribution in [0.25, 0.3) is 16.7 Å². The van der Waals surface area contributed by atoms with Crippen molar-refractivity contribution in [2.45, 2.75) is 50.3 Å². The summed E-state index contributed by atoms with van der Waals surface area (Å²) >= 11 is 6.79. The number of likely N-dealkylation sites (tertiary alicyclic amines) is 1. The third-order valence-corrected chi connectivity index (χ3v) is 8.34. The first-order valence-electron chi connectivity index (χ1n) is 12.4. The molecule has 2 unspecified atom stereocenters. The predicted octanol–water partition coefficient (Wildman–Crippen LogP) is 3.56. The zero-order chi connectivity index (χ0) is 22.8. The lowest BCUT2D eigenvalue weighted by molar-refractivity contribution is -0.0712. The van der Waals surface area contributed by atoms with Crippen LogP contribution in [-0.4, -0.2) is 82.3 Å². The number of benzene rings is 1. The molecule has 36 heavy (non-hydrogen) atoms. The number of nitrogens with zero attached hydrogens (tertiary/aromatic N) is 6. The maximum atomic E-state index is 6.79. The van der Waals surface area contributed by atoms with E-state index in [1.807, 2.05) is 17.8 Å². The van der Waals surface area contributed by atoms with Crippen LogP contribution in [0.5, 0.6) is 0 Å². The van der Waals surface area contributed by atoms with E-state index in [9.17, 15) is 0 Å². The van der Waals surface area contributed by atoms with E-state index in [0.717, 1.165) is 92.1 Å². The van der Waals surface area contributed by atoms with Crippen molar-refractivity contribution in [1.29, 1.82) is 0 Å². The van der Waals surface area contributed by atoms with E-state index in [2.05, 4.69) is 28.0 Å². The molecule has 2 bridgehead atoms. The molecular weight excluding hydrogens is 516 g/mol. The van der Waals surface area contributed by atoms with Gasteiger partial charge in [0.25, 0.3) is 0 Å². The molecule has 11 heteroatoms. The molecule has 0 amide bonds. The highest BCUT2D eigenvalue weighted by molar-refractivity contribution is 7.59. The molecule has 8 nitrogen and oxygen atoms in total. The third kappa shape index (κ3) is 4.50. The molecular formula is C25H33ClN6O2S2. The fraction of sp³-hybridized carbons (Fsp3) is 0.560. The van der Waals surface area contributed by atoms with Gasteiger partial charge >= 0.3 is 0 Å². The molecule has 0 aliphatic carbocycles. The largest absolute Gasteiger partial charge is 0.378 e. The van der Waals surface area contributed by atoms with Gasteiger partial charge in [-0.15, -0.1) is 0 Å². The topological polar surface area (TPSA) is 68.5 Å². The van der Waals surface area contributed by atoms with Crippen LogP contribution in [0.15, 0.2) is 24.4 Å². The lowest BCUT2D eigenvalue weighted by atomic mass is 9.88. The van der Waals surface area contributed by atoms with Gasteiger partial charge in [-0.25, -0.2) is 14.6 Å². The van der Waals surface area contributed by atoms with Crippen LogP contribution in [-0.2, 0) is 9.47 Å². The molecule has 0 saturated carbocycles. The number of ether oxygens (including phenoxy) is 2. The van der Waals surface area contributed by atoms with Gasteiger partial charge in [0.1, 0.15) is 11.6 Å². The average molecular weight is 549 g/mol. The molecule has 0 radical (unpaired) electrons. The predicted molar refractivity (Wildman–Crippen MR) is 151 cm³/mol. The van der Waals surface area contributed by atoms with Crippen molar-refractivity contribution in [2.75, 3.05) is 44.4 Å². The molecule has 0 spiro atoms. The summed E-state index contributed by atoms with van der Waals surface area (Å²) in [6, 6.07) is 7.37. The van der Waals surface area contributed by atoms with Crippen molar-refractivity contribution in [1.82, 2.24) is 24.6 Å². The van der Waals surface area contributed by atoms with Crippen LogP contribution in [0.1, 0.15) is 36.6 Å². The SMILES string of the molecule is Cc1nc(N2CC3CC2CO3)cc(-n2ncc3cc(Cl)c(C4CCN(C5COC5)CC4)cc32)n1.S.S. The van der Waals surface area contributed by atoms with Crippen LogP contribution >= 0.6 is 38.6 Å². The molecule has 1 aromatic carbocycles. The number of hydrogen-bond donors (Lipinski definition) is 0. The highest BCUT2D eigenvalue weighted by Gasteiger charge is 2.40. The Morgan fingerprint density at radius 3 is 2.42 bits per heavy atom. The van der Waals surface area contributed by atoms with Crippen LogP contribution in [0, 0.1) is 6.92 Å². The van der Waals surface area contributed by atoms with Gasteiger partial charge < -0.3 is 14.4 Å². The van der Waals surface area contributed by atoms with Gasteiger partial charge in [0.2, 0.25) is 0 Å². The first-order valence-corrected chi connectivity index (χ1v) is 12.7. The molecule has 4 aliphatic heterocycles. The Labute approximate surface area is 230 Å². The molecule has 4 fully saturated rings. The molecule has 4 saturated heterocycles. The minimum atomic E-state index is 0. The van der Waals surface area contributed by atoms with Gasteiger partial charge in [-0.3, -0.25) is 4.90 Å². The second kappa shape index (κ2) is 10.3. The summed E-state index contributed by atoms with van der Waals surface area (Å²) in [5.41, 5.74) is 2.27. The zero-order valence-electron chi connectivity index (χ0n) is 20.4. The van der Waals surface area contributed by atoms with E-state index < -0.39 is 0 Å². The zero-order valence-corrected chi connectivity index (χ0v) is 23.1. The normalized spacial score (nSPS) is 24.6. The van der Waals surface area contributed by atoms with Gasteiger partial charge in [0.05, 0.1) is 49.7 Å². The second-order valence-electron chi connectivity index (χ2n) is 10.1. The Hall–Kier alpha value is -1.56. The molecule has 0 N–H and O–H groups in total. The summed E-state index contributed by atoms with van der Waals surface area (Å²) in [5.74, 6) is 2.97. The first-order chi connectivity index (χ1) is 16.6. The monoisotopic (exact) mass is 548 g/mol. The molecule has 2 atom stereocenters. The summed E-state index contributed by atoms with van der Waals surface area (Å²) in [4.78, 5) is 14.4. The van der Waals surface area contributed by atoms with Crippen molar-refractivity contribution in [3.8, 4) is 5.82 Å². The second-order valence-corrected chi connectivity index (χ2v) is 10.5. The highest BCUT2D eigenvalue weighted by Crippen LogP contribution is 2.37. The van der Waals surface area contributed by atoms with Gasteiger partial charge in [0, 0.05) is 23.0 Å². The summed E-state index contributed by atoms with van der Waals surface area (Å²) < 4.78 is 13.1. The lowest BCUT2D eigenvalue weighted by Crippen LogP contribution is -2.51. The van der Waals surface area contributed by atoms with Crippen molar-refractivity contribution in [2.24, 2.45) is 0 Å². The Balaban J connectivity index is 0.00000133. The van der Waals surface area contributed by atoms with Crippen molar-refractivity contribution >= 4 is 55.3 Å². The van der Waals surface area contributed by atoms with Crippen LogP contribution in [0.2, 0.25) is 5.02 Å². The van der Waals surface area contributed by atoms with Gasteiger partial charge in [-0.2, -0.15) is 32.1 Å². The number of piperidine rings is 1. The number of aromatic nitrogens is 4. The molecule has 3 aromatic rings. The van der Waals surface area contributed by atoms with E-state index in [0.29, 0.717) is 24.1 Å². The first kappa shape index (κ1) is 26.1. The number of anilines is 1. The van der Waals surface area contributed by atoms with E-state index in [1.54, 1.807) is 0 Å². The van der Waals surface area contributed by atoms with E-state index in [1.165, 1.54) is 5.56 Å². The Bertz CT molecular complexity index is 1250. The Morgan fingerprint density at radius 2 is 1.75 bits per heavy atom. The van der Waals surface area contributed by atoms with Gasteiger partial charge in [-0.05, 0) is 62.9 Å². The number of rotatable bonds is 4. The van der Waals surface area contributed by atoms with E-state index in [4.69, 9.17) is 36.1 Å². The van der Waals surface area contributed by atoms with Crippen molar-refractivity contribution in [3.05, 3.63) is 40.8 Å². The van der Waals surface area contributed by atoms with Crippen molar-refractivity contribution in [3.63, 3.8) is 0 Å². The minimum Gasteiger partial charge on any atom is -0.378 e. The summed E-state index contributed by atoms with van der Waals surface area (Å²) in [5, 5.41) is 6.58. The summed E-state index contributed by atoms with van der Waals surface area (Å²) in [6.07, 6.45) is 5.52. The van der Waals surface area contributed by atoms with Crippen LogP contribution in [0.3, 0.4) is 0 Å². The van der Waals surface area contributed by atoms with Crippen LogP contribution in [0.4, 0.5) is 5.82 Å². The number of hydrogen-bond acceptors (Lipinski definition) is 7. The average Bonchev–Trinajstić information content (AvgIpc) is 3.53. The van der Waals surface area contributed by atoms with Crippen LogP contribution < -0.4 is 4.90 Å². The van der Waals surface area contributed by atoms with E-state index >= 15 is 0 Å². The quantitative estimate of drug-likeness (QED) is 0.494. The molecule has 2 aromatic heterocycles. The number of aryl methyl sites for hydroxylation is 1. The maximum Gasteiger partial charge on any atom is 0.159 e. The summed E-state index contributed by atoms with van der Waals surface area (Å²) in [7, 11) is 0. The standard InChI is InChI=1S/C25H29ClN6O2.2H2S/c1-15-28-24(31-11-20-7-18(31)14-34-20)9-25(29-15)32-23-8-21(22(26)6-17(23)10-27-32)16-2-4-30(5-3-16)19-12-33-13-19;;/h6,8-10,16,18-20H,2-5,7,11-14H2,1H3;2*1H2. The maximum absolute atomic E-state index is 6.79. The third-order valence-electron chi connectivity index (χ3n) is 8.02. The number of halogens is 1. The fourth-order valence-electron chi connectivity index (χ4n) is 6.04. The molecule has 194 valence electrons. The molecule has 4 aliphatic rings. The molecule has 6 heterocycles. The Kier molecular flexibility index (Phi) is 7.46. The summed E-state index contributed by atoms with van der Waals surface area (Å²) in [6.45, 7) is 7.58. The van der Waals surface area contributed by atoms with Crippen molar-refractivity contribution < 1.29 is 9.47 Å². The smallest absolute Gasteiger partial charge is 0.159 e. The van der Waals surface area contributed by atoms with Gasteiger partial charge in [-0.1, -0.05) is 11.6 Å². The lowest BCUT2D eigenvalue weighted by Gasteiger charge is -2.41. The minimum absolute atomic E-state index is 0. The highest BCUT2D eigenvalue weighted by atomic mass is 35.5. The van der Waals surface area contributed by atoms with E-state index in [-0.39, 0.29) is 27.0 Å². The van der Waals surface area contributed by atoms with Gasteiger partial charge in [0.15, 0.2) is 5.82 Å². The Morgan fingerprint density at radius 1 is 0.972 bits per heavy atom. The number of fused-ring (bicyclic) bond motifs is 3. The number of morpholine rings is 1.